The minimum absolute atomic E-state index is 0.137. The molecule has 1 N–H and O–H groups in total. The summed E-state index contributed by atoms with van der Waals surface area (Å²) in [6.45, 7) is 6.59. The molecule has 0 amide bonds. The van der Waals surface area contributed by atoms with Gasteiger partial charge in [0.25, 0.3) is 5.56 Å². The summed E-state index contributed by atoms with van der Waals surface area (Å²) >= 11 is 0. The Labute approximate surface area is 129 Å². The Morgan fingerprint density at radius 1 is 1.23 bits per heavy atom. The van der Waals surface area contributed by atoms with Gasteiger partial charge in [0.05, 0.1) is 12.2 Å². The molecule has 120 valence electrons. The zero-order chi connectivity index (χ0) is 16.4. The first-order valence-electron chi connectivity index (χ1n) is 7.31. The van der Waals surface area contributed by atoms with Crippen LogP contribution in [0.2, 0.25) is 0 Å². The zero-order valence-corrected chi connectivity index (χ0v) is 13.7. The highest BCUT2D eigenvalue weighted by Crippen LogP contribution is 2.11. The van der Waals surface area contributed by atoms with Crippen molar-refractivity contribution in [2.45, 2.75) is 39.4 Å². The molecule has 0 fully saturated rings. The molecule has 7 nitrogen and oxygen atoms in total. The first kappa shape index (κ1) is 16.2. The van der Waals surface area contributed by atoms with Crippen LogP contribution in [0, 0.1) is 6.92 Å². The van der Waals surface area contributed by atoms with Gasteiger partial charge in [0.2, 0.25) is 0 Å². The molecular weight excluding hydrogens is 282 g/mol. The van der Waals surface area contributed by atoms with Crippen LogP contribution in [0.5, 0.6) is 0 Å². The molecule has 0 aliphatic heterocycles. The third kappa shape index (κ3) is 3.19. The van der Waals surface area contributed by atoms with Gasteiger partial charge < -0.3 is 5.32 Å². The van der Waals surface area contributed by atoms with Crippen LogP contribution in [0.4, 0.5) is 0 Å². The predicted molar refractivity (Wildman–Crippen MR) is 84.9 cm³/mol. The van der Waals surface area contributed by atoms with E-state index in [4.69, 9.17) is 0 Å². The number of nitrogens with zero attached hydrogens (tertiary/aromatic N) is 4. The van der Waals surface area contributed by atoms with E-state index in [1.165, 1.54) is 17.7 Å². The van der Waals surface area contributed by atoms with Crippen molar-refractivity contribution in [2.75, 3.05) is 0 Å². The molecule has 0 aromatic carbocycles. The lowest BCUT2D eigenvalue weighted by atomic mass is 10.1. The fourth-order valence-corrected chi connectivity index (χ4v) is 2.27. The molecule has 0 unspecified atom stereocenters. The van der Waals surface area contributed by atoms with Gasteiger partial charge in [-0.3, -0.25) is 18.6 Å². The summed E-state index contributed by atoms with van der Waals surface area (Å²) < 4.78 is 4.50. The summed E-state index contributed by atoms with van der Waals surface area (Å²) in [4.78, 5) is 23.6. The SMILES string of the molecule is Cc1cnn([C@@H](C)[C@H](C)NCc2cc(=O)n(C)c(=O)n2C)c1. The fraction of sp³-hybridized carbons (Fsp3) is 0.533. The van der Waals surface area contributed by atoms with Gasteiger partial charge in [0.1, 0.15) is 0 Å². The maximum atomic E-state index is 11.9. The van der Waals surface area contributed by atoms with Crippen LogP contribution >= 0.6 is 0 Å². The lowest BCUT2D eigenvalue weighted by Gasteiger charge is -2.22. The van der Waals surface area contributed by atoms with Gasteiger partial charge in [-0.15, -0.1) is 0 Å². The minimum atomic E-state index is -0.312. The van der Waals surface area contributed by atoms with Crippen molar-refractivity contribution in [3.63, 3.8) is 0 Å². The Balaban J connectivity index is 2.10. The second-order valence-electron chi connectivity index (χ2n) is 5.78. The number of nitrogens with one attached hydrogen (secondary N) is 1. The lowest BCUT2D eigenvalue weighted by Crippen LogP contribution is -2.40. The number of hydrogen-bond acceptors (Lipinski definition) is 4. The van der Waals surface area contributed by atoms with Gasteiger partial charge >= 0.3 is 5.69 Å². The fourth-order valence-electron chi connectivity index (χ4n) is 2.27. The van der Waals surface area contributed by atoms with E-state index in [-0.39, 0.29) is 23.3 Å². The molecule has 0 spiro atoms. The number of rotatable bonds is 5. The minimum Gasteiger partial charge on any atom is -0.307 e. The third-order valence-corrected chi connectivity index (χ3v) is 4.10. The van der Waals surface area contributed by atoms with Crippen LogP contribution < -0.4 is 16.6 Å². The van der Waals surface area contributed by atoms with Crippen LogP contribution in [0.1, 0.15) is 31.1 Å². The van der Waals surface area contributed by atoms with Gasteiger partial charge in [-0.1, -0.05) is 0 Å². The highest BCUT2D eigenvalue weighted by molar-refractivity contribution is 5.03. The Kier molecular flexibility index (Phi) is 4.65. The van der Waals surface area contributed by atoms with E-state index < -0.39 is 0 Å². The number of aromatic nitrogens is 4. The van der Waals surface area contributed by atoms with Crippen molar-refractivity contribution in [3.8, 4) is 0 Å². The van der Waals surface area contributed by atoms with Crippen molar-refractivity contribution in [2.24, 2.45) is 14.1 Å². The average molecular weight is 305 g/mol. The normalized spacial score (nSPS) is 14.0. The molecule has 0 saturated heterocycles. The van der Waals surface area contributed by atoms with Gasteiger partial charge in [-0.2, -0.15) is 5.10 Å². The monoisotopic (exact) mass is 305 g/mol. The topological polar surface area (TPSA) is 73.8 Å². The van der Waals surface area contributed by atoms with E-state index in [0.717, 1.165) is 10.1 Å². The molecule has 2 rings (SSSR count). The smallest absolute Gasteiger partial charge is 0.307 e. The molecule has 0 bridgehead atoms. The molecule has 2 aromatic heterocycles. The molecule has 2 aromatic rings. The van der Waals surface area contributed by atoms with Gasteiger partial charge in [-0.25, -0.2) is 4.79 Å². The predicted octanol–water partition coefficient (Wildman–Crippen LogP) is 0.328. The molecule has 2 heterocycles. The number of aryl methyl sites for hydroxylation is 1. The van der Waals surface area contributed by atoms with Crippen LogP contribution in [0.3, 0.4) is 0 Å². The average Bonchev–Trinajstić information content (AvgIpc) is 2.92. The summed E-state index contributed by atoms with van der Waals surface area (Å²) in [5.74, 6) is 0. The van der Waals surface area contributed by atoms with Crippen molar-refractivity contribution in [3.05, 3.63) is 50.6 Å². The van der Waals surface area contributed by atoms with Crippen molar-refractivity contribution in [1.29, 1.82) is 0 Å². The Hall–Kier alpha value is -2.15. The second-order valence-corrected chi connectivity index (χ2v) is 5.78. The third-order valence-electron chi connectivity index (χ3n) is 4.10. The molecule has 0 radical (unpaired) electrons. The van der Waals surface area contributed by atoms with E-state index in [2.05, 4.69) is 24.3 Å². The van der Waals surface area contributed by atoms with E-state index in [9.17, 15) is 9.59 Å². The summed E-state index contributed by atoms with van der Waals surface area (Å²) in [7, 11) is 3.15. The largest absolute Gasteiger partial charge is 0.330 e. The van der Waals surface area contributed by atoms with E-state index in [1.54, 1.807) is 7.05 Å². The molecule has 0 aliphatic rings. The Bertz CT molecular complexity index is 771. The summed E-state index contributed by atoms with van der Waals surface area (Å²) in [5, 5.41) is 7.67. The molecule has 22 heavy (non-hydrogen) atoms. The molecule has 2 atom stereocenters. The van der Waals surface area contributed by atoms with Crippen LogP contribution in [-0.4, -0.2) is 25.0 Å². The van der Waals surface area contributed by atoms with Crippen molar-refractivity contribution < 1.29 is 0 Å². The van der Waals surface area contributed by atoms with Crippen molar-refractivity contribution in [1.82, 2.24) is 24.2 Å². The van der Waals surface area contributed by atoms with Gasteiger partial charge in [0, 0.05) is 44.6 Å². The lowest BCUT2D eigenvalue weighted by molar-refractivity contribution is 0.361. The second kappa shape index (κ2) is 6.31. The standard InChI is InChI=1S/C15H23N5O2/c1-10-7-17-20(9-10)12(3)11(2)16-8-13-6-14(21)19(5)15(22)18(13)4/h6-7,9,11-12,16H,8H2,1-5H3/t11-,12-/m0/s1. The van der Waals surface area contributed by atoms with E-state index >= 15 is 0 Å². The van der Waals surface area contributed by atoms with Crippen molar-refractivity contribution >= 4 is 0 Å². The molecule has 0 aliphatic carbocycles. The van der Waals surface area contributed by atoms with Crippen LogP contribution in [-0.2, 0) is 20.6 Å². The summed E-state index contributed by atoms with van der Waals surface area (Å²) in [6, 6.07) is 1.79. The first-order chi connectivity index (χ1) is 10.3. The maximum Gasteiger partial charge on any atom is 0.330 e. The Morgan fingerprint density at radius 2 is 1.91 bits per heavy atom. The van der Waals surface area contributed by atoms with E-state index in [0.29, 0.717) is 12.2 Å². The Morgan fingerprint density at radius 3 is 2.50 bits per heavy atom. The first-order valence-corrected chi connectivity index (χ1v) is 7.31. The van der Waals surface area contributed by atoms with Crippen LogP contribution in [0.25, 0.3) is 0 Å². The maximum absolute atomic E-state index is 11.9. The van der Waals surface area contributed by atoms with Gasteiger partial charge in [0.15, 0.2) is 0 Å². The highest BCUT2D eigenvalue weighted by atomic mass is 16.2. The van der Waals surface area contributed by atoms with Gasteiger partial charge in [-0.05, 0) is 26.3 Å². The quantitative estimate of drug-likeness (QED) is 0.864. The summed E-state index contributed by atoms with van der Waals surface area (Å²) in [6.07, 6.45) is 3.82. The van der Waals surface area contributed by atoms with E-state index in [1.807, 2.05) is 24.0 Å². The molecular formula is C15H23N5O2. The molecule has 0 saturated carbocycles. The highest BCUT2D eigenvalue weighted by Gasteiger charge is 2.15. The van der Waals surface area contributed by atoms with Crippen LogP contribution in [0.15, 0.2) is 28.0 Å². The zero-order valence-electron chi connectivity index (χ0n) is 13.7. The number of hydrogen-bond donors (Lipinski definition) is 1. The summed E-state index contributed by atoms with van der Waals surface area (Å²) in [5.41, 5.74) is 1.19. The molecule has 7 heteroatoms.